The third kappa shape index (κ3) is 4.20. The van der Waals surface area contributed by atoms with Crippen LogP contribution in [0, 0.1) is 0 Å². The molecular formula is C11H21NO3. The van der Waals surface area contributed by atoms with Crippen molar-refractivity contribution in [1.82, 2.24) is 5.64 Å². The summed E-state index contributed by atoms with van der Waals surface area (Å²) in [6, 6.07) is 0. The highest BCUT2D eigenvalue weighted by atomic mass is 16.9. The van der Waals surface area contributed by atoms with Crippen LogP contribution in [0.3, 0.4) is 0 Å². The standard InChI is InChI=1S/C11H21NO3/c1-5-10(2,3)15-12-14-9-6-7-11(4,13)8-9/h6,12-13H,5,7-8H2,1-4H3. The van der Waals surface area contributed by atoms with Gasteiger partial charge in [-0.2, -0.15) is 0 Å². The lowest BCUT2D eigenvalue weighted by Gasteiger charge is -2.23. The van der Waals surface area contributed by atoms with E-state index >= 15 is 0 Å². The van der Waals surface area contributed by atoms with Crippen LogP contribution in [0.25, 0.3) is 0 Å². The number of hydrogen-bond acceptors (Lipinski definition) is 4. The molecule has 1 unspecified atom stereocenters. The van der Waals surface area contributed by atoms with Gasteiger partial charge in [0.05, 0.1) is 11.2 Å². The van der Waals surface area contributed by atoms with Gasteiger partial charge in [0.15, 0.2) is 0 Å². The van der Waals surface area contributed by atoms with Crippen LogP contribution >= 0.6 is 0 Å². The Hall–Kier alpha value is -0.580. The molecule has 0 bridgehead atoms. The number of nitrogens with one attached hydrogen (secondary N) is 1. The third-order valence-electron chi connectivity index (χ3n) is 2.67. The zero-order valence-corrected chi connectivity index (χ0v) is 9.96. The molecule has 0 saturated carbocycles. The third-order valence-corrected chi connectivity index (χ3v) is 2.67. The highest BCUT2D eigenvalue weighted by Gasteiger charge is 2.28. The number of hydrogen-bond donors (Lipinski definition) is 2. The largest absolute Gasteiger partial charge is 0.389 e. The molecule has 0 heterocycles. The molecule has 2 N–H and O–H groups in total. The Bertz CT molecular complexity index is 246. The molecule has 1 rings (SSSR count). The molecule has 1 aliphatic carbocycles. The maximum Gasteiger partial charge on any atom is 0.126 e. The Labute approximate surface area is 91.2 Å². The van der Waals surface area contributed by atoms with Gasteiger partial charge in [-0.15, -0.1) is 0 Å². The molecule has 0 aromatic carbocycles. The van der Waals surface area contributed by atoms with Crippen LogP contribution in [-0.2, 0) is 9.68 Å². The second kappa shape index (κ2) is 4.51. The summed E-state index contributed by atoms with van der Waals surface area (Å²) >= 11 is 0. The first-order chi connectivity index (χ1) is 6.85. The maximum atomic E-state index is 9.67. The summed E-state index contributed by atoms with van der Waals surface area (Å²) in [5.74, 6) is 0.729. The van der Waals surface area contributed by atoms with E-state index in [2.05, 4.69) is 5.64 Å². The summed E-state index contributed by atoms with van der Waals surface area (Å²) < 4.78 is 0. The van der Waals surface area contributed by atoms with Crippen molar-refractivity contribution in [3.8, 4) is 0 Å². The SMILES string of the molecule is CCC(C)(C)ONOC1=CCC(C)(O)C1. The molecule has 4 nitrogen and oxygen atoms in total. The van der Waals surface area contributed by atoms with E-state index in [1.54, 1.807) is 6.92 Å². The van der Waals surface area contributed by atoms with Gasteiger partial charge in [0.25, 0.3) is 0 Å². The van der Waals surface area contributed by atoms with Crippen LogP contribution < -0.4 is 5.64 Å². The molecule has 1 aliphatic rings. The van der Waals surface area contributed by atoms with Crippen molar-refractivity contribution in [1.29, 1.82) is 0 Å². The summed E-state index contributed by atoms with van der Waals surface area (Å²) in [5, 5.41) is 9.67. The molecule has 15 heavy (non-hydrogen) atoms. The second-order valence-corrected chi connectivity index (χ2v) is 4.95. The van der Waals surface area contributed by atoms with Crippen LogP contribution in [0.1, 0.15) is 47.0 Å². The van der Waals surface area contributed by atoms with Gasteiger partial charge in [0.2, 0.25) is 0 Å². The lowest BCUT2D eigenvalue weighted by Crippen LogP contribution is -2.31. The number of rotatable bonds is 5. The fourth-order valence-corrected chi connectivity index (χ4v) is 1.19. The molecule has 0 saturated heterocycles. The fourth-order valence-electron chi connectivity index (χ4n) is 1.19. The van der Waals surface area contributed by atoms with Gasteiger partial charge < -0.3 is 9.94 Å². The first kappa shape index (κ1) is 12.5. The highest BCUT2D eigenvalue weighted by molar-refractivity contribution is 5.08. The molecule has 0 aromatic heterocycles. The molecular weight excluding hydrogens is 194 g/mol. The molecule has 1 atom stereocenters. The molecule has 88 valence electrons. The Morgan fingerprint density at radius 3 is 2.73 bits per heavy atom. The Morgan fingerprint density at radius 1 is 1.60 bits per heavy atom. The Morgan fingerprint density at radius 2 is 2.27 bits per heavy atom. The Kier molecular flexibility index (Phi) is 3.76. The van der Waals surface area contributed by atoms with Gasteiger partial charge in [0.1, 0.15) is 5.76 Å². The van der Waals surface area contributed by atoms with E-state index in [9.17, 15) is 5.11 Å². The average Bonchev–Trinajstić information content (AvgIpc) is 2.45. The smallest absolute Gasteiger partial charge is 0.126 e. The van der Waals surface area contributed by atoms with Gasteiger partial charge in [-0.1, -0.05) is 6.92 Å². The average molecular weight is 215 g/mol. The molecule has 4 heteroatoms. The summed E-state index contributed by atoms with van der Waals surface area (Å²) in [5.41, 5.74) is 1.56. The zero-order valence-electron chi connectivity index (χ0n) is 9.96. The molecule has 0 radical (unpaired) electrons. The van der Waals surface area contributed by atoms with Crippen LogP contribution in [0.4, 0.5) is 0 Å². The molecule has 0 amide bonds. The maximum absolute atomic E-state index is 9.67. The molecule has 0 fully saturated rings. The van der Waals surface area contributed by atoms with E-state index < -0.39 is 5.60 Å². The van der Waals surface area contributed by atoms with Crippen LogP contribution in [0.15, 0.2) is 11.8 Å². The van der Waals surface area contributed by atoms with Crippen LogP contribution in [0.5, 0.6) is 0 Å². The predicted octanol–water partition coefficient (Wildman–Crippen LogP) is 2.06. The highest BCUT2D eigenvalue weighted by Crippen LogP contribution is 2.28. The van der Waals surface area contributed by atoms with E-state index in [0.29, 0.717) is 12.8 Å². The molecule has 0 spiro atoms. The van der Waals surface area contributed by atoms with Crippen molar-refractivity contribution in [3.05, 3.63) is 11.8 Å². The second-order valence-electron chi connectivity index (χ2n) is 4.95. The Balaban J connectivity index is 2.23. The summed E-state index contributed by atoms with van der Waals surface area (Å²) in [7, 11) is 0. The first-order valence-electron chi connectivity index (χ1n) is 5.36. The lowest BCUT2D eigenvalue weighted by molar-refractivity contribution is -0.211. The van der Waals surface area contributed by atoms with E-state index in [1.165, 1.54) is 0 Å². The normalized spacial score (nSPS) is 26.6. The molecule has 0 aliphatic heterocycles. The van der Waals surface area contributed by atoms with Crippen molar-refractivity contribution in [2.45, 2.75) is 58.2 Å². The summed E-state index contributed by atoms with van der Waals surface area (Å²) in [4.78, 5) is 10.5. The van der Waals surface area contributed by atoms with Gasteiger partial charge in [-0.3, -0.25) is 4.84 Å². The summed E-state index contributed by atoms with van der Waals surface area (Å²) in [6.45, 7) is 7.78. The van der Waals surface area contributed by atoms with E-state index in [0.717, 1.165) is 12.2 Å². The number of aliphatic hydroxyl groups is 1. The van der Waals surface area contributed by atoms with Crippen LogP contribution in [-0.4, -0.2) is 16.3 Å². The van der Waals surface area contributed by atoms with Crippen LogP contribution in [0.2, 0.25) is 0 Å². The minimum Gasteiger partial charge on any atom is -0.389 e. The van der Waals surface area contributed by atoms with Gasteiger partial charge in [0, 0.05) is 6.42 Å². The minimum atomic E-state index is -0.669. The van der Waals surface area contributed by atoms with Crippen molar-refractivity contribution in [2.24, 2.45) is 0 Å². The topological polar surface area (TPSA) is 50.7 Å². The summed E-state index contributed by atoms with van der Waals surface area (Å²) in [6.07, 6.45) is 3.91. The van der Waals surface area contributed by atoms with Crippen molar-refractivity contribution >= 4 is 0 Å². The monoisotopic (exact) mass is 215 g/mol. The van der Waals surface area contributed by atoms with Crippen molar-refractivity contribution in [3.63, 3.8) is 0 Å². The first-order valence-corrected chi connectivity index (χ1v) is 5.36. The lowest BCUT2D eigenvalue weighted by atomic mass is 10.1. The van der Waals surface area contributed by atoms with Crippen molar-refractivity contribution < 1.29 is 14.8 Å². The van der Waals surface area contributed by atoms with Crippen molar-refractivity contribution in [2.75, 3.05) is 0 Å². The molecule has 0 aromatic rings. The van der Waals surface area contributed by atoms with E-state index in [4.69, 9.17) is 9.68 Å². The van der Waals surface area contributed by atoms with Gasteiger partial charge >= 0.3 is 0 Å². The van der Waals surface area contributed by atoms with Gasteiger partial charge in [-0.05, 0) is 45.3 Å². The van der Waals surface area contributed by atoms with Gasteiger partial charge in [-0.25, -0.2) is 0 Å². The van der Waals surface area contributed by atoms with E-state index in [1.807, 2.05) is 26.8 Å². The zero-order chi connectivity index (χ0) is 11.5. The minimum absolute atomic E-state index is 0.248. The quantitative estimate of drug-likeness (QED) is 0.689. The van der Waals surface area contributed by atoms with E-state index in [-0.39, 0.29) is 5.60 Å². The predicted molar refractivity (Wildman–Crippen MR) is 57.6 cm³/mol. The fraction of sp³-hybridized carbons (Fsp3) is 0.818.